The molecule has 0 aliphatic heterocycles. The molecule has 2 rings (SSSR count). The van der Waals surface area contributed by atoms with Crippen molar-refractivity contribution in [2.24, 2.45) is 10.7 Å². The second kappa shape index (κ2) is 9.99. The standard InChI is InChI=1S/C19H23ClFN3O3/c1-26-17-6-3-12(9-18(17)27-2)7-8-23-19(22)24-11-16(25)13-4-5-14(20)15(21)10-13/h3-6,9-10,16,25H,7-8,11H2,1-2H3,(H3,22,23,24). The summed E-state index contributed by atoms with van der Waals surface area (Å²) in [5.74, 6) is 0.944. The summed E-state index contributed by atoms with van der Waals surface area (Å²) >= 11 is 5.63. The summed E-state index contributed by atoms with van der Waals surface area (Å²) in [6.07, 6.45) is -0.274. The predicted octanol–water partition coefficient (Wildman–Crippen LogP) is 2.68. The topological polar surface area (TPSA) is 89.1 Å². The first-order valence-corrected chi connectivity index (χ1v) is 8.70. The lowest BCUT2D eigenvalue weighted by Crippen LogP contribution is -2.33. The average molecular weight is 396 g/mol. The molecular formula is C19H23ClFN3O3. The van der Waals surface area contributed by atoms with Gasteiger partial charge in [0.1, 0.15) is 5.82 Å². The third-order valence-electron chi connectivity index (χ3n) is 3.93. The Balaban J connectivity index is 1.84. The number of guanidine groups is 1. The lowest BCUT2D eigenvalue weighted by Gasteiger charge is -2.11. The summed E-state index contributed by atoms with van der Waals surface area (Å²) in [6, 6.07) is 9.80. The fourth-order valence-electron chi connectivity index (χ4n) is 2.44. The molecule has 8 heteroatoms. The number of nitrogens with one attached hydrogen (secondary N) is 1. The van der Waals surface area contributed by atoms with Gasteiger partial charge < -0.3 is 25.6 Å². The predicted molar refractivity (Wildman–Crippen MR) is 104 cm³/mol. The number of aliphatic hydroxyl groups excluding tert-OH is 1. The van der Waals surface area contributed by atoms with E-state index in [4.69, 9.17) is 26.8 Å². The summed E-state index contributed by atoms with van der Waals surface area (Å²) in [4.78, 5) is 4.08. The Labute approximate surface area is 162 Å². The van der Waals surface area contributed by atoms with Gasteiger partial charge in [0, 0.05) is 6.54 Å². The lowest BCUT2D eigenvalue weighted by molar-refractivity contribution is 0.186. The maximum atomic E-state index is 13.4. The van der Waals surface area contributed by atoms with Gasteiger partial charge in [0.05, 0.1) is 31.9 Å². The molecule has 1 atom stereocenters. The Bertz CT molecular complexity index is 802. The van der Waals surface area contributed by atoms with Gasteiger partial charge in [-0.1, -0.05) is 23.7 Å². The minimum atomic E-state index is -0.969. The van der Waals surface area contributed by atoms with E-state index in [-0.39, 0.29) is 17.5 Å². The first-order valence-electron chi connectivity index (χ1n) is 8.32. The first-order chi connectivity index (χ1) is 12.9. The molecule has 27 heavy (non-hydrogen) atoms. The Kier molecular flexibility index (Phi) is 7.69. The molecule has 0 heterocycles. The van der Waals surface area contributed by atoms with Crippen molar-refractivity contribution in [2.75, 3.05) is 27.3 Å². The van der Waals surface area contributed by atoms with E-state index in [0.29, 0.717) is 30.0 Å². The monoisotopic (exact) mass is 395 g/mol. The van der Waals surface area contributed by atoms with Gasteiger partial charge in [-0.05, 0) is 41.8 Å². The van der Waals surface area contributed by atoms with E-state index in [2.05, 4.69) is 10.3 Å². The third kappa shape index (κ3) is 6.01. The van der Waals surface area contributed by atoms with Crippen LogP contribution in [0.15, 0.2) is 41.4 Å². The minimum absolute atomic E-state index is 0.00537. The number of methoxy groups -OCH3 is 2. The highest BCUT2D eigenvalue weighted by Gasteiger charge is 2.10. The minimum Gasteiger partial charge on any atom is -0.493 e. The van der Waals surface area contributed by atoms with Crippen molar-refractivity contribution in [3.05, 3.63) is 58.4 Å². The molecule has 0 aliphatic rings. The van der Waals surface area contributed by atoms with Crippen LogP contribution in [0.4, 0.5) is 4.39 Å². The number of ether oxygens (including phenoxy) is 2. The zero-order valence-corrected chi connectivity index (χ0v) is 16.0. The number of hydrogen-bond acceptors (Lipinski definition) is 4. The second-order valence-corrected chi connectivity index (χ2v) is 6.19. The zero-order chi connectivity index (χ0) is 19.8. The van der Waals surface area contributed by atoms with Crippen molar-refractivity contribution >= 4 is 17.6 Å². The molecule has 0 saturated heterocycles. The van der Waals surface area contributed by atoms with Gasteiger partial charge in [-0.25, -0.2) is 4.39 Å². The van der Waals surface area contributed by atoms with E-state index in [1.165, 1.54) is 12.1 Å². The number of rotatable bonds is 8. The molecule has 0 radical (unpaired) electrons. The maximum absolute atomic E-state index is 13.4. The molecule has 2 aromatic rings. The van der Waals surface area contributed by atoms with Crippen molar-refractivity contribution < 1.29 is 19.0 Å². The Morgan fingerprint density at radius 2 is 1.96 bits per heavy atom. The molecule has 146 valence electrons. The lowest BCUT2D eigenvalue weighted by atomic mass is 10.1. The van der Waals surface area contributed by atoms with E-state index >= 15 is 0 Å². The van der Waals surface area contributed by atoms with Crippen molar-refractivity contribution in [3.63, 3.8) is 0 Å². The largest absolute Gasteiger partial charge is 0.493 e. The van der Waals surface area contributed by atoms with E-state index in [9.17, 15) is 9.50 Å². The van der Waals surface area contributed by atoms with Crippen LogP contribution in [0.5, 0.6) is 11.5 Å². The highest BCUT2D eigenvalue weighted by atomic mass is 35.5. The van der Waals surface area contributed by atoms with Crippen molar-refractivity contribution in [1.29, 1.82) is 0 Å². The average Bonchev–Trinajstić information content (AvgIpc) is 2.68. The molecular weight excluding hydrogens is 373 g/mol. The number of aliphatic imine (C=N–C) groups is 1. The van der Waals surface area contributed by atoms with E-state index in [1.807, 2.05) is 18.2 Å². The van der Waals surface area contributed by atoms with E-state index < -0.39 is 11.9 Å². The molecule has 0 amide bonds. The molecule has 0 aliphatic carbocycles. The summed E-state index contributed by atoms with van der Waals surface area (Å²) in [5.41, 5.74) is 7.24. The SMILES string of the molecule is COc1ccc(CCNC(N)=NCC(O)c2ccc(Cl)c(F)c2)cc1OC. The molecule has 0 spiro atoms. The highest BCUT2D eigenvalue weighted by molar-refractivity contribution is 6.30. The van der Waals surface area contributed by atoms with Crippen LogP contribution in [0.3, 0.4) is 0 Å². The van der Waals surface area contributed by atoms with Crippen LogP contribution in [0.2, 0.25) is 5.02 Å². The Morgan fingerprint density at radius 3 is 2.63 bits per heavy atom. The van der Waals surface area contributed by atoms with Crippen LogP contribution in [-0.4, -0.2) is 38.4 Å². The van der Waals surface area contributed by atoms with Crippen molar-refractivity contribution in [1.82, 2.24) is 5.32 Å². The summed E-state index contributed by atoms with van der Waals surface area (Å²) in [7, 11) is 3.17. The molecule has 4 N–H and O–H groups in total. The van der Waals surface area contributed by atoms with Crippen LogP contribution in [0, 0.1) is 5.82 Å². The van der Waals surface area contributed by atoms with Gasteiger partial charge in [-0.2, -0.15) is 0 Å². The van der Waals surface area contributed by atoms with Crippen molar-refractivity contribution in [2.45, 2.75) is 12.5 Å². The maximum Gasteiger partial charge on any atom is 0.188 e. The summed E-state index contributed by atoms with van der Waals surface area (Å²) < 4.78 is 23.9. The molecule has 1 unspecified atom stereocenters. The first kappa shape index (κ1) is 20.8. The Hall–Kier alpha value is -2.51. The number of aliphatic hydroxyl groups is 1. The highest BCUT2D eigenvalue weighted by Crippen LogP contribution is 2.27. The molecule has 2 aromatic carbocycles. The number of nitrogens with two attached hydrogens (primary N) is 1. The number of halogens is 2. The number of benzene rings is 2. The summed E-state index contributed by atoms with van der Waals surface area (Å²) in [6.45, 7) is 0.562. The zero-order valence-electron chi connectivity index (χ0n) is 15.2. The fraction of sp³-hybridized carbons (Fsp3) is 0.316. The molecule has 0 bridgehead atoms. The smallest absolute Gasteiger partial charge is 0.188 e. The normalized spacial score (nSPS) is 12.6. The van der Waals surface area contributed by atoms with Crippen molar-refractivity contribution in [3.8, 4) is 11.5 Å². The van der Waals surface area contributed by atoms with Gasteiger partial charge in [0.15, 0.2) is 17.5 Å². The summed E-state index contributed by atoms with van der Waals surface area (Å²) in [5, 5.41) is 13.0. The van der Waals surface area contributed by atoms with Crippen LogP contribution >= 0.6 is 11.6 Å². The van der Waals surface area contributed by atoms with Crippen LogP contribution in [0.25, 0.3) is 0 Å². The van der Waals surface area contributed by atoms with Crippen LogP contribution < -0.4 is 20.5 Å². The second-order valence-electron chi connectivity index (χ2n) is 5.78. The van der Waals surface area contributed by atoms with Gasteiger partial charge in [0.25, 0.3) is 0 Å². The number of hydrogen-bond donors (Lipinski definition) is 3. The molecule has 0 fully saturated rings. The van der Waals surface area contributed by atoms with Gasteiger partial charge >= 0.3 is 0 Å². The molecule has 6 nitrogen and oxygen atoms in total. The van der Waals surface area contributed by atoms with Gasteiger partial charge in [-0.3, -0.25) is 4.99 Å². The van der Waals surface area contributed by atoms with Crippen LogP contribution in [0.1, 0.15) is 17.2 Å². The van der Waals surface area contributed by atoms with E-state index in [0.717, 1.165) is 5.56 Å². The third-order valence-corrected chi connectivity index (χ3v) is 4.24. The van der Waals surface area contributed by atoms with Gasteiger partial charge in [0.2, 0.25) is 0 Å². The Morgan fingerprint density at radius 1 is 1.22 bits per heavy atom. The fourth-order valence-corrected chi connectivity index (χ4v) is 2.55. The quantitative estimate of drug-likeness (QED) is 0.472. The molecule has 0 saturated carbocycles. The molecule has 0 aromatic heterocycles. The number of nitrogens with zero attached hydrogens (tertiary/aromatic N) is 1. The van der Waals surface area contributed by atoms with Gasteiger partial charge in [-0.15, -0.1) is 0 Å². The van der Waals surface area contributed by atoms with E-state index in [1.54, 1.807) is 20.3 Å². The van der Waals surface area contributed by atoms with Crippen LogP contribution in [-0.2, 0) is 6.42 Å².